The first-order chi connectivity index (χ1) is 9.83. The quantitative estimate of drug-likeness (QED) is 0.562. The maximum atomic E-state index is 14.3. The molecule has 0 aromatic heterocycles. The Labute approximate surface area is 144 Å². The van der Waals surface area contributed by atoms with Gasteiger partial charge in [0.1, 0.15) is 0 Å². The SMILES string of the molecule is Cc1ccc(S(=O)C[C@H]2OC(C)(C)[C@H]([Hg][Cl])C[C@@H]2F)cc1. The molecule has 2 nitrogen and oxygen atoms in total. The summed E-state index contributed by atoms with van der Waals surface area (Å²) in [5.41, 5.74) is 0.737. The van der Waals surface area contributed by atoms with Crippen LogP contribution < -0.4 is 0 Å². The van der Waals surface area contributed by atoms with Crippen LogP contribution in [0.25, 0.3) is 0 Å². The van der Waals surface area contributed by atoms with Gasteiger partial charge in [0.05, 0.1) is 0 Å². The zero-order chi connectivity index (χ0) is 15.6. The molecule has 1 aliphatic heterocycles. The van der Waals surface area contributed by atoms with Crippen LogP contribution >= 0.6 is 8.25 Å². The fraction of sp³-hybridized carbons (Fsp3) is 0.600. The molecule has 0 N–H and O–H groups in total. The summed E-state index contributed by atoms with van der Waals surface area (Å²) in [6.07, 6.45) is -1.19. The van der Waals surface area contributed by atoms with E-state index in [0.29, 0.717) is 6.42 Å². The van der Waals surface area contributed by atoms with E-state index >= 15 is 0 Å². The van der Waals surface area contributed by atoms with Crippen molar-refractivity contribution in [3.63, 3.8) is 0 Å². The van der Waals surface area contributed by atoms with Gasteiger partial charge in [0, 0.05) is 0 Å². The van der Waals surface area contributed by atoms with Gasteiger partial charge in [-0.2, -0.15) is 0 Å². The predicted molar refractivity (Wildman–Crippen MR) is 80.5 cm³/mol. The molecular weight excluding hydrogens is 499 g/mol. The van der Waals surface area contributed by atoms with Crippen molar-refractivity contribution in [2.45, 2.75) is 53.4 Å². The molecule has 1 aliphatic rings. The monoisotopic (exact) mass is 520 g/mol. The summed E-state index contributed by atoms with van der Waals surface area (Å²) in [5, 5.41) is 0. The summed E-state index contributed by atoms with van der Waals surface area (Å²) in [4.78, 5) is 0.730. The third kappa shape index (κ3) is 4.49. The molecule has 0 saturated carbocycles. The van der Waals surface area contributed by atoms with E-state index in [1.807, 2.05) is 45.0 Å². The van der Waals surface area contributed by atoms with Crippen LogP contribution in [0.1, 0.15) is 25.8 Å². The third-order valence-corrected chi connectivity index (χ3v) is 15.4. The van der Waals surface area contributed by atoms with Crippen molar-refractivity contribution >= 4 is 19.0 Å². The van der Waals surface area contributed by atoms with Gasteiger partial charge in [0.2, 0.25) is 0 Å². The van der Waals surface area contributed by atoms with Gasteiger partial charge in [-0.25, -0.2) is 0 Å². The maximum absolute atomic E-state index is 14.3. The second kappa shape index (κ2) is 7.37. The van der Waals surface area contributed by atoms with Crippen molar-refractivity contribution in [1.82, 2.24) is 0 Å². The first-order valence-electron chi connectivity index (χ1n) is 7.16. The van der Waals surface area contributed by atoms with Crippen molar-refractivity contribution in [2.24, 2.45) is 0 Å². The molecule has 0 spiro atoms. The summed E-state index contributed by atoms with van der Waals surface area (Å²) in [5.74, 6) is 0.208. The number of rotatable bonds is 4. The number of aryl methyl sites for hydroxylation is 1. The molecule has 114 valence electrons. The van der Waals surface area contributed by atoms with Crippen molar-refractivity contribution in [2.75, 3.05) is 5.75 Å². The predicted octanol–water partition coefficient (Wildman–Crippen LogP) is 4.03. The Bertz CT molecular complexity index is 509. The summed E-state index contributed by atoms with van der Waals surface area (Å²) in [6, 6.07) is 7.52. The summed E-state index contributed by atoms with van der Waals surface area (Å²) in [7, 11) is 4.87. The summed E-state index contributed by atoms with van der Waals surface area (Å²) >= 11 is -1.57. The van der Waals surface area contributed by atoms with Crippen LogP contribution in [0.2, 0.25) is 3.43 Å². The van der Waals surface area contributed by atoms with Crippen LogP contribution in [-0.4, -0.2) is 27.8 Å². The Morgan fingerprint density at radius 2 is 2.05 bits per heavy atom. The number of halogens is 2. The molecule has 0 radical (unpaired) electrons. The average Bonchev–Trinajstić information content (AvgIpc) is 2.42. The van der Waals surface area contributed by atoms with Crippen LogP contribution in [-0.2, 0) is 38.9 Å². The molecule has 21 heavy (non-hydrogen) atoms. The second-order valence-corrected chi connectivity index (χ2v) is 15.4. The molecule has 1 aromatic carbocycles. The van der Waals surface area contributed by atoms with E-state index < -0.39 is 46.4 Å². The van der Waals surface area contributed by atoms with Crippen LogP contribution in [0.3, 0.4) is 0 Å². The molecule has 0 amide bonds. The van der Waals surface area contributed by atoms with Crippen LogP contribution in [0.4, 0.5) is 4.39 Å². The molecule has 1 aromatic rings. The van der Waals surface area contributed by atoms with Gasteiger partial charge >= 0.3 is 145 Å². The van der Waals surface area contributed by atoms with E-state index in [4.69, 9.17) is 13.0 Å². The van der Waals surface area contributed by atoms with Gasteiger partial charge in [0.25, 0.3) is 0 Å². The number of benzene rings is 1. The second-order valence-electron chi connectivity index (χ2n) is 6.19. The van der Waals surface area contributed by atoms with E-state index in [-0.39, 0.29) is 14.8 Å². The minimum atomic E-state index is -1.57. The molecule has 1 heterocycles. The molecular formula is C15H20ClFHgO2S. The molecule has 6 heteroatoms. The average molecular weight is 519 g/mol. The normalized spacial score (nSPS) is 29.7. The van der Waals surface area contributed by atoms with Gasteiger partial charge < -0.3 is 0 Å². The summed E-state index contributed by atoms with van der Waals surface area (Å²) < 4.78 is 32.8. The van der Waals surface area contributed by atoms with Crippen molar-refractivity contribution < 1.29 is 36.7 Å². The molecule has 0 bridgehead atoms. The third-order valence-electron chi connectivity index (χ3n) is 4.14. The Kier molecular flexibility index (Phi) is 6.26. The van der Waals surface area contributed by atoms with E-state index in [1.165, 1.54) is 0 Å². The Morgan fingerprint density at radius 1 is 1.43 bits per heavy atom. The molecule has 4 atom stereocenters. The zero-order valence-corrected chi connectivity index (χ0v) is 19.7. The van der Waals surface area contributed by atoms with Gasteiger partial charge in [-0.15, -0.1) is 0 Å². The summed E-state index contributed by atoms with van der Waals surface area (Å²) in [6.45, 7) is 5.94. The van der Waals surface area contributed by atoms with Crippen molar-refractivity contribution in [1.29, 1.82) is 0 Å². The number of ether oxygens (including phenoxy) is 1. The van der Waals surface area contributed by atoms with E-state index in [1.54, 1.807) is 0 Å². The minimum absolute atomic E-state index is 0.207. The van der Waals surface area contributed by atoms with Crippen molar-refractivity contribution in [3.05, 3.63) is 29.8 Å². The molecule has 1 unspecified atom stereocenters. The number of hydrogen-bond acceptors (Lipinski definition) is 2. The van der Waals surface area contributed by atoms with Crippen LogP contribution in [0, 0.1) is 6.92 Å². The Morgan fingerprint density at radius 3 is 2.62 bits per heavy atom. The molecule has 2 rings (SSSR count). The Hall–Kier alpha value is 0.485. The Balaban J connectivity index is 2.05. The fourth-order valence-electron chi connectivity index (χ4n) is 2.59. The van der Waals surface area contributed by atoms with E-state index in [0.717, 1.165) is 10.5 Å². The molecule has 1 fully saturated rings. The van der Waals surface area contributed by atoms with E-state index in [9.17, 15) is 8.60 Å². The zero-order valence-electron chi connectivity index (χ0n) is 12.6. The fourth-order valence-corrected chi connectivity index (χ4v) is 11.7. The van der Waals surface area contributed by atoms with Crippen LogP contribution in [0.5, 0.6) is 0 Å². The van der Waals surface area contributed by atoms with Gasteiger partial charge in [-0.3, -0.25) is 0 Å². The molecule has 0 aliphatic carbocycles. The topological polar surface area (TPSA) is 26.3 Å². The molecule has 1 saturated heterocycles. The number of alkyl halides is 1. The van der Waals surface area contributed by atoms with Gasteiger partial charge in [0.15, 0.2) is 0 Å². The van der Waals surface area contributed by atoms with E-state index in [2.05, 4.69) is 0 Å². The standard InChI is InChI=1S/C15H20FO2S.ClH.Hg/c1-11-4-6-12(7-5-11)19(17)10-14-13(16)8-9-15(2,3)18-14;;/h4-7,9,13-14H,8,10H2,1-3H3;1H;/q;;+1/p-1/t13-,14+,19?;;/m0../s1. The first kappa shape index (κ1) is 17.8. The van der Waals surface area contributed by atoms with Gasteiger partial charge in [-0.1, -0.05) is 0 Å². The number of hydrogen-bond donors (Lipinski definition) is 0. The van der Waals surface area contributed by atoms with Crippen molar-refractivity contribution in [3.8, 4) is 0 Å². The van der Waals surface area contributed by atoms with Gasteiger partial charge in [-0.05, 0) is 0 Å². The first-order valence-corrected chi connectivity index (χ1v) is 18.4. The van der Waals surface area contributed by atoms with Crippen LogP contribution in [0.15, 0.2) is 29.2 Å².